The van der Waals surface area contributed by atoms with Crippen LogP contribution in [0.15, 0.2) is 29.2 Å². The van der Waals surface area contributed by atoms with Crippen LogP contribution in [-0.4, -0.2) is 22.4 Å². The van der Waals surface area contributed by atoms with Crippen molar-refractivity contribution < 1.29 is 19.5 Å². The van der Waals surface area contributed by atoms with Crippen LogP contribution in [0.25, 0.3) is 0 Å². The summed E-state index contributed by atoms with van der Waals surface area (Å²) in [7, 11) is -2.17. The predicted molar refractivity (Wildman–Crippen MR) is 44.7 cm³/mol. The summed E-state index contributed by atoms with van der Waals surface area (Å²) in [6.45, 7) is 0. The molecule has 0 aliphatic rings. The highest BCUT2D eigenvalue weighted by Gasteiger charge is 1.92. The highest BCUT2D eigenvalue weighted by Crippen LogP contribution is 2.05. The number of benzene rings is 1. The Morgan fingerprint density at radius 2 is 1.75 bits per heavy atom. The number of rotatable bonds is 0. The molecule has 0 saturated heterocycles. The maximum absolute atomic E-state index is 12.1. The molecular weight excluding hydrogens is 182 g/mol. The van der Waals surface area contributed by atoms with Gasteiger partial charge < -0.3 is 15.1 Å². The lowest BCUT2D eigenvalue weighted by atomic mass is 10.3. The number of halogens is 1. The lowest BCUT2D eigenvalue weighted by Gasteiger charge is -1.85. The molecule has 3 nitrogen and oxygen atoms in total. The van der Waals surface area contributed by atoms with Crippen molar-refractivity contribution in [2.24, 2.45) is 0 Å². The van der Waals surface area contributed by atoms with Gasteiger partial charge in [0.15, 0.2) is 0 Å². The van der Waals surface area contributed by atoms with Crippen LogP contribution in [0.3, 0.4) is 0 Å². The second kappa shape index (κ2) is 5.90. The van der Waals surface area contributed by atoms with Crippen molar-refractivity contribution in [3.8, 4) is 0 Å². The Balaban J connectivity index is 0.000000261. The molecule has 1 radical (unpaired) electrons. The molecule has 3 N–H and O–H groups in total. The second-order valence-corrected chi connectivity index (χ2v) is 2.28. The minimum atomic E-state index is -2.17. The summed E-state index contributed by atoms with van der Waals surface area (Å²) in [5.41, 5.74) is 0. The largest absolute Gasteiger partial charge is 0.631 e. The van der Waals surface area contributed by atoms with Crippen LogP contribution in [0.5, 0.6) is 0 Å². The molecule has 0 aliphatic heterocycles. The third-order valence-corrected chi connectivity index (χ3v) is 1.05. The zero-order chi connectivity index (χ0) is 9.56. The highest BCUT2D eigenvalue weighted by molar-refractivity contribution is 7.80. The van der Waals surface area contributed by atoms with Gasteiger partial charge in [-0.1, -0.05) is 18.7 Å². The molecule has 0 fully saturated rings. The molecule has 0 saturated carbocycles. The number of hydrogen-bond acceptors (Lipinski definition) is 3. The molecule has 0 heterocycles. The van der Waals surface area contributed by atoms with Gasteiger partial charge in [-0.05, 0) is 18.2 Å². The van der Waals surface area contributed by atoms with Crippen molar-refractivity contribution in [2.75, 3.05) is 0 Å². The SMILES string of the molecule is Fc1cccc([S])c1.OB(O)O. The molecule has 0 aliphatic carbocycles. The molecule has 1 aromatic rings. The van der Waals surface area contributed by atoms with Crippen LogP contribution >= 0.6 is 12.6 Å². The Bertz CT molecular complexity index is 214. The van der Waals surface area contributed by atoms with Crippen molar-refractivity contribution >= 4 is 20.0 Å². The fourth-order valence-corrected chi connectivity index (χ4v) is 0.658. The summed E-state index contributed by atoms with van der Waals surface area (Å²) in [6.07, 6.45) is 0. The average molecular weight is 189 g/mol. The summed E-state index contributed by atoms with van der Waals surface area (Å²) >= 11 is 4.66. The summed E-state index contributed by atoms with van der Waals surface area (Å²) in [4.78, 5) is 0.546. The first-order valence-corrected chi connectivity index (χ1v) is 3.40. The van der Waals surface area contributed by atoms with Crippen molar-refractivity contribution in [3.05, 3.63) is 30.1 Å². The van der Waals surface area contributed by atoms with E-state index < -0.39 is 7.32 Å². The average Bonchev–Trinajstić information content (AvgIpc) is 1.84. The van der Waals surface area contributed by atoms with Gasteiger partial charge in [0.1, 0.15) is 5.82 Å². The van der Waals surface area contributed by atoms with Gasteiger partial charge in [-0.2, -0.15) is 0 Å². The molecule has 0 atom stereocenters. The van der Waals surface area contributed by atoms with Gasteiger partial charge in [-0.3, -0.25) is 0 Å². The Labute approximate surface area is 75.1 Å². The van der Waals surface area contributed by atoms with E-state index in [1.165, 1.54) is 12.1 Å². The first-order chi connectivity index (χ1) is 5.52. The van der Waals surface area contributed by atoms with E-state index >= 15 is 0 Å². The third-order valence-electron chi connectivity index (χ3n) is 0.796. The lowest BCUT2D eigenvalue weighted by Crippen LogP contribution is -2.07. The minimum Gasteiger partial charge on any atom is -0.402 e. The van der Waals surface area contributed by atoms with Gasteiger partial charge in [0.2, 0.25) is 0 Å². The summed E-state index contributed by atoms with van der Waals surface area (Å²) in [5.74, 6) is -0.266. The van der Waals surface area contributed by atoms with Crippen molar-refractivity contribution in [2.45, 2.75) is 4.90 Å². The molecule has 0 amide bonds. The molecule has 1 aromatic carbocycles. The summed E-state index contributed by atoms with van der Waals surface area (Å²) < 4.78 is 12.1. The van der Waals surface area contributed by atoms with Gasteiger partial charge in [0.05, 0.1) is 0 Å². The Morgan fingerprint density at radius 3 is 2.00 bits per heavy atom. The Hall–Kier alpha value is -0.685. The molecule has 65 valence electrons. The monoisotopic (exact) mass is 189 g/mol. The molecule has 0 unspecified atom stereocenters. The Kier molecular flexibility index (Phi) is 5.56. The lowest BCUT2D eigenvalue weighted by molar-refractivity contribution is 0.278. The fraction of sp³-hybridized carbons (Fsp3) is 0. The van der Waals surface area contributed by atoms with Crippen LogP contribution in [0.4, 0.5) is 4.39 Å². The van der Waals surface area contributed by atoms with Gasteiger partial charge in [-0.25, -0.2) is 4.39 Å². The van der Waals surface area contributed by atoms with Gasteiger partial charge in [0.25, 0.3) is 0 Å². The summed E-state index contributed by atoms with van der Waals surface area (Å²) in [5, 5.41) is 21.5. The van der Waals surface area contributed by atoms with Crippen LogP contribution in [0.2, 0.25) is 0 Å². The quantitative estimate of drug-likeness (QED) is 0.515. The molecule has 0 spiro atoms. The minimum absolute atomic E-state index is 0.266. The van der Waals surface area contributed by atoms with E-state index in [2.05, 4.69) is 12.6 Å². The van der Waals surface area contributed by atoms with E-state index in [9.17, 15) is 4.39 Å². The van der Waals surface area contributed by atoms with E-state index in [0.29, 0.717) is 4.90 Å². The maximum atomic E-state index is 12.1. The van der Waals surface area contributed by atoms with E-state index in [0.717, 1.165) is 0 Å². The van der Waals surface area contributed by atoms with Gasteiger partial charge in [0, 0.05) is 4.90 Å². The second-order valence-electron chi connectivity index (χ2n) is 1.80. The van der Waals surface area contributed by atoms with Crippen molar-refractivity contribution in [1.29, 1.82) is 0 Å². The molecule has 0 bridgehead atoms. The Morgan fingerprint density at radius 1 is 1.25 bits per heavy atom. The van der Waals surface area contributed by atoms with E-state index in [4.69, 9.17) is 15.1 Å². The smallest absolute Gasteiger partial charge is 0.402 e. The number of hydrogen-bond donors (Lipinski definition) is 3. The van der Waals surface area contributed by atoms with Crippen LogP contribution in [-0.2, 0) is 0 Å². The maximum Gasteiger partial charge on any atom is 0.631 e. The highest BCUT2D eigenvalue weighted by atomic mass is 32.1. The molecule has 1 rings (SSSR count). The normalized spacial score (nSPS) is 8.33. The molecule has 12 heavy (non-hydrogen) atoms. The summed E-state index contributed by atoms with van der Waals surface area (Å²) in [6, 6.07) is 5.96. The molecular formula is C6H7BFO3S. The first-order valence-electron chi connectivity index (χ1n) is 2.99. The van der Waals surface area contributed by atoms with E-state index in [1.807, 2.05) is 0 Å². The van der Waals surface area contributed by atoms with Gasteiger partial charge in [-0.15, -0.1) is 0 Å². The third kappa shape index (κ3) is 7.42. The first kappa shape index (κ1) is 11.3. The predicted octanol–water partition coefficient (Wildman–Crippen LogP) is 0.330. The van der Waals surface area contributed by atoms with Crippen molar-refractivity contribution in [3.63, 3.8) is 0 Å². The van der Waals surface area contributed by atoms with Crippen molar-refractivity contribution in [1.82, 2.24) is 0 Å². The van der Waals surface area contributed by atoms with E-state index in [1.54, 1.807) is 12.1 Å². The standard InChI is InChI=1S/C6H4FS.BH3O3/c7-5-2-1-3-6(8)4-5;2-1(3)4/h1-4H;2-4H. The van der Waals surface area contributed by atoms with Crippen LogP contribution in [0, 0.1) is 5.82 Å². The van der Waals surface area contributed by atoms with E-state index in [-0.39, 0.29) is 5.82 Å². The molecule has 6 heteroatoms. The fourth-order valence-electron chi connectivity index (χ4n) is 0.467. The molecule has 0 aromatic heterocycles. The zero-order valence-corrected chi connectivity index (χ0v) is 6.83. The van der Waals surface area contributed by atoms with Crippen LogP contribution in [0.1, 0.15) is 0 Å². The van der Waals surface area contributed by atoms with Crippen LogP contribution < -0.4 is 0 Å². The zero-order valence-electron chi connectivity index (χ0n) is 6.01. The topological polar surface area (TPSA) is 60.7 Å². The van der Waals surface area contributed by atoms with Gasteiger partial charge >= 0.3 is 7.32 Å².